The van der Waals surface area contributed by atoms with Crippen LogP contribution in [0.2, 0.25) is 0 Å². The van der Waals surface area contributed by atoms with E-state index < -0.39 is 10.0 Å². The molecule has 0 spiro atoms. The molecule has 0 atom stereocenters. The van der Waals surface area contributed by atoms with Crippen molar-refractivity contribution in [2.24, 2.45) is 5.92 Å². The molecular formula is C13H18BrNO2S. The van der Waals surface area contributed by atoms with E-state index in [0.717, 1.165) is 30.2 Å². The summed E-state index contributed by atoms with van der Waals surface area (Å²) in [5, 5.41) is 0. The van der Waals surface area contributed by atoms with Gasteiger partial charge in [0.05, 0.1) is 5.75 Å². The van der Waals surface area contributed by atoms with E-state index in [1.54, 1.807) is 12.1 Å². The number of hydrogen-bond donors (Lipinski definition) is 1. The van der Waals surface area contributed by atoms with E-state index in [4.69, 9.17) is 0 Å². The molecule has 1 aromatic rings. The van der Waals surface area contributed by atoms with Crippen LogP contribution in [-0.4, -0.2) is 14.2 Å². The Bertz CT molecular complexity index is 495. The lowest BCUT2D eigenvalue weighted by Gasteiger charge is -2.21. The van der Waals surface area contributed by atoms with Crippen LogP contribution in [0.15, 0.2) is 28.7 Å². The maximum atomic E-state index is 12.1. The van der Waals surface area contributed by atoms with Gasteiger partial charge in [0, 0.05) is 10.2 Å². The van der Waals surface area contributed by atoms with Crippen LogP contribution in [0.3, 0.4) is 0 Å². The van der Waals surface area contributed by atoms with Crippen LogP contribution < -0.4 is 4.72 Å². The summed E-state index contributed by atoms with van der Waals surface area (Å²) in [5.74, 6) is 0.572. The number of sulfonamides is 1. The second-order valence-electron chi connectivity index (χ2n) is 4.90. The fraction of sp³-hybridized carbons (Fsp3) is 0.538. The zero-order chi connectivity index (χ0) is 13.0. The Morgan fingerprint density at radius 1 is 1.22 bits per heavy atom. The van der Waals surface area contributed by atoms with Gasteiger partial charge in [-0.05, 0) is 37.0 Å². The van der Waals surface area contributed by atoms with Crippen molar-refractivity contribution in [3.05, 3.63) is 28.7 Å². The first-order valence-electron chi connectivity index (χ1n) is 6.31. The van der Waals surface area contributed by atoms with Crippen LogP contribution in [0, 0.1) is 5.92 Å². The van der Waals surface area contributed by atoms with E-state index in [-0.39, 0.29) is 5.75 Å². The normalized spacial score (nSPS) is 17.6. The topological polar surface area (TPSA) is 46.2 Å². The molecule has 1 saturated carbocycles. The third-order valence-electron chi connectivity index (χ3n) is 3.28. The lowest BCUT2D eigenvalue weighted by molar-refractivity contribution is 0.385. The number of rotatable bonds is 4. The van der Waals surface area contributed by atoms with E-state index in [1.807, 2.05) is 12.1 Å². The minimum absolute atomic E-state index is 0.250. The fourth-order valence-corrected chi connectivity index (χ4v) is 4.36. The van der Waals surface area contributed by atoms with Crippen molar-refractivity contribution in [2.75, 3.05) is 10.5 Å². The Kier molecular flexibility index (Phi) is 4.67. The van der Waals surface area contributed by atoms with Crippen LogP contribution in [0.25, 0.3) is 0 Å². The predicted octanol–water partition coefficient (Wildman–Crippen LogP) is 3.77. The number of anilines is 1. The SMILES string of the molecule is O=S(=O)(CC1CCCCC1)Nc1cccc(Br)c1. The fourth-order valence-electron chi connectivity index (χ4n) is 2.44. The van der Waals surface area contributed by atoms with Crippen LogP contribution in [-0.2, 0) is 10.0 Å². The molecule has 0 aromatic heterocycles. The van der Waals surface area contributed by atoms with Gasteiger partial charge in [0.15, 0.2) is 0 Å². The summed E-state index contributed by atoms with van der Waals surface area (Å²) in [6.07, 6.45) is 5.66. The molecule has 0 amide bonds. The number of benzene rings is 1. The van der Waals surface area contributed by atoms with E-state index >= 15 is 0 Å². The molecule has 0 saturated heterocycles. The number of hydrogen-bond acceptors (Lipinski definition) is 2. The lowest BCUT2D eigenvalue weighted by Crippen LogP contribution is -2.24. The minimum atomic E-state index is -3.22. The molecule has 0 radical (unpaired) electrons. The highest BCUT2D eigenvalue weighted by Gasteiger charge is 2.21. The van der Waals surface area contributed by atoms with Gasteiger partial charge in [-0.25, -0.2) is 8.42 Å². The molecule has 0 bridgehead atoms. The van der Waals surface area contributed by atoms with Crippen LogP contribution in [0.4, 0.5) is 5.69 Å². The van der Waals surface area contributed by atoms with Gasteiger partial charge in [0.25, 0.3) is 0 Å². The lowest BCUT2D eigenvalue weighted by atomic mass is 9.91. The summed E-state index contributed by atoms with van der Waals surface area (Å²) in [5.41, 5.74) is 0.625. The smallest absolute Gasteiger partial charge is 0.232 e. The quantitative estimate of drug-likeness (QED) is 0.912. The summed E-state index contributed by atoms with van der Waals surface area (Å²) >= 11 is 3.33. The maximum Gasteiger partial charge on any atom is 0.232 e. The molecule has 5 heteroatoms. The Balaban J connectivity index is 1.98. The molecule has 0 aliphatic heterocycles. The zero-order valence-electron chi connectivity index (χ0n) is 10.2. The molecule has 100 valence electrons. The highest BCUT2D eigenvalue weighted by atomic mass is 79.9. The molecule has 1 aliphatic rings. The Hall–Kier alpha value is -0.550. The van der Waals surface area contributed by atoms with Gasteiger partial charge >= 0.3 is 0 Å². The van der Waals surface area contributed by atoms with E-state index in [1.165, 1.54) is 6.42 Å². The molecule has 1 aromatic carbocycles. The maximum absolute atomic E-state index is 12.1. The van der Waals surface area contributed by atoms with Gasteiger partial charge in [-0.15, -0.1) is 0 Å². The molecule has 1 aliphatic carbocycles. The predicted molar refractivity (Wildman–Crippen MR) is 78.1 cm³/mol. The van der Waals surface area contributed by atoms with E-state index in [2.05, 4.69) is 20.7 Å². The molecule has 0 unspecified atom stereocenters. The highest BCUT2D eigenvalue weighted by molar-refractivity contribution is 9.10. The Labute approximate surface area is 117 Å². The molecule has 1 fully saturated rings. The third kappa shape index (κ3) is 4.28. The second-order valence-corrected chi connectivity index (χ2v) is 7.58. The van der Waals surface area contributed by atoms with Crippen molar-refractivity contribution < 1.29 is 8.42 Å². The molecule has 0 heterocycles. The molecule has 18 heavy (non-hydrogen) atoms. The van der Waals surface area contributed by atoms with Crippen molar-refractivity contribution in [3.8, 4) is 0 Å². The summed E-state index contributed by atoms with van der Waals surface area (Å²) in [6, 6.07) is 7.24. The average Bonchev–Trinajstić information content (AvgIpc) is 2.28. The van der Waals surface area contributed by atoms with Crippen molar-refractivity contribution in [1.29, 1.82) is 0 Å². The summed E-state index contributed by atoms with van der Waals surface area (Å²) in [7, 11) is -3.22. The van der Waals surface area contributed by atoms with Crippen molar-refractivity contribution in [2.45, 2.75) is 32.1 Å². The van der Waals surface area contributed by atoms with Gasteiger partial charge < -0.3 is 0 Å². The molecule has 3 nitrogen and oxygen atoms in total. The van der Waals surface area contributed by atoms with Gasteiger partial charge in [-0.2, -0.15) is 0 Å². The average molecular weight is 332 g/mol. The second kappa shape index (κ2) is 6.06. The van der Waals surface area contributed by atoms with Gasteiger partial charge in [-0.3, -0.25) is 4.72 Å². The van der Waals surface area contributed by atoms with Crippen molar-refractivity contribution in [1.82, 2.24) is 0 Å². The largest absolute Gasteiger partial charge is 0.284 e. The monoisotopic (exact) mass is 331 g/mol. The van der Waals surface area contributed by atoms with Crippen LogP contribution in [0.5, 0.6) is 0 Å². The third-order valence-corrected chi connectivity index (χ3v) is 5.23. The number of nitrogens with one attached hydrogen (secondary N) is 1. The first-order valence-corrected chi connectivity index (χ1v) is 8.76. The molecule has 2 rings (SSSR count). The van der Waals surface area contributed by atoms with Crippen molar-refractivity contribution in [3.63, 3.8) is 0 Å². The summed E-state index contributed by atoms with van der Waals surface area (Å²) in [6.45, 7) is 0. The van der Waals surface area contributed by atoms with Gasteiger partial charge in [0.1, 0.15) is 0 Å². The van der Waals surface area contributed by atoms with Crippen LogP contribution in [0.1, 0.15) is 32.1 Å². The van der Waals surface area contributed by atoms with Crippen LogP contribution >= 0.6 is 15.9 Å². The van der Waals surface area contributed by atoms with Gasteiger partial charge in [0.2, 0.25) is 10.0 Å². The Morgan fingerprint density at radius 3 is 2.61 bits per heavy atom. The van der Waals surface area contributed by atoms with Crippen molar-refractivity contribution >= 4 is 31.6 Å². The van der Waals surface area contributed by atoms with E-state index in [9.17, 15) is 8.42 Å². The Morgan fingerprint density at radius 2 is 1.94 bits per heavy atom. The minimum Gasteiger partial charge on any atom is -0.284 e. The summed E-state index contributed by atoms with van der Waals surface area (Å²) < 4.78 is 27.6. The molecule has 1 N–H and O–H groups in total. The van der Waals surface area contributed by atoms with E-state index in [0.29, 0.717) is 11.6 Å². The number of halogens is 1. The zero-order valence-corrected chi connectivity index (χ0v) is 12.6. The van der Waals surface area contributed by atoms with Gasteiger partial charge in [-0.1, -0.05) is 41.3 Å². The molecular weight excluding hydrogens is 314 g/mol. The first kappa shape index (κ1) is 13.9. The first-order chi connectivity index (χ1) is 8.55. The standard InChI is InChI=1S/C13H18BrNO2S/c14-12-7-4-8-13(9-12)15-18(16,17)10-11-5-2-1-3-6-11/h4,7-9,11,15H,1-3,5-6,10H2. The summed E-state index contributed by atoms with van der Waals surface area (Å²) in [4.78, 5) is 0. The highest BCUT2D eigenvalue weighted by Crippen LogP contribution is 2.25.